The number of non-ortho nitro benzene ring substituents is 1. The fourth-order valence-electron chi connectivity index (χ4n) is 3.54. The molecular formula is C18H23N3O4. The number of benzene rings is 1. The lowest BCUT2D eigenvalue weighted by molar-refractivity contribution is -0.384. The lowest BCUT2D eigenvalue weighted by Crippen LogP contribution is -2.39. The second-order valence-electron chi connectivity index (χ2n) is 6.69. The first-order valence-electron chi connectivity index (χ1n) is 8.95. The molecule has 2 heterocycles. The molecule has 7 nitrogen and oxygen atoms in total. The summed E-state index contributed by atoms with van der Waals surface area (Å²) in [7, 11) is 0. The largest absolute Gasteiger partial charge is 0.339 e. The SMILES string of the molecule is O=C(c1ccc([N+](=O)[O-])cc1C(=O)N1CCCCC1)N1CCCCC1. The van der Waals surface area contributed by atoms with Crippen LogP contribution in [0, 0.1) is 10.1 Å². The van der Waals surface area contributed by atoms with Crippen LogP contribution in [0.4, 0.5) is 5.69 Å². The molecule has 2 aliphatic rings. The van der Waals surface area contributed by atoms with E-state index in [2.05, 4.69) is 0 Å². The molecule has 0 aliphatic carbocycles. The van der Waals surface area contributed by atoms with E-state index in [0.717, 1.165) is 38.5 Å². The minimum absolute atomic E-state index is 0.157. The van der Waals surface area contributed by atoms with E-state index in [1.165, 1.54) is 18.2 Å². The standard InChI is InChI=1S/C18H23N3O4/c22-17(19-9-3-1-4-10-19)15-8-7-14(21(24)25)13-16(15)18(23)20-11-5-2-6-12-20/h7-8,13H,1-6,9-12H2. The van der Waals surface area contributed by atoms with Crippen LogP contribution < -0.4 is 0 Å². The normalized spacial score (nSPS) is 18.1. The lowest BCUT2D eigenvalue weighted by atomic mass is 10.0. The van der Waals surface area contributed by atoms with Crippen molar-refractivity contribution in [2.45, 2.75) is 38.5 Å². The first kappa shape index (κ1) is 17.4. The molecule has 3 rings (SSSR count). The summed E-state index contributed by atoms with van der Waals surface area (Å²) < 4.78 is 0. The smallest absolute Gasteiger partial charge is 0.270 e. The fraction of sp³-hybridized carbons (Fsp3) is 0.556. The van der Waals surface area contributed by atoms with Gasteiger partial charge in [-0.2, -0.15) is 0 Å². The summed E-state index contributed by atoms with van der Waals surface area (Å²) in [6, 6.07) is 4.00. The van der Waals surface area contributed by atoms with Gasteiger partial charge in [-0.1, -0.05) is 0 Å². The van der Waals surface area contributed by atoms with E-state index in [-0.39, 0.29) is 28.6 Å². The highest BCUT2D eigenvalue weighted by Crippen LogP contribution is 2.24. The molecule has 0 atom stereocenters. The topological polar surface area (TPSA) is 83.8 Å². The number of piperidine rings is 2. The molecule has 0 bridgehead atoms. The number of rotatable bonds is 3. The van der Waals surface area contributed by atoms with Crippen molar-refractivity contribution in [3.63, 3.8) is 0 Å². The molecule has 0 radical (unpaired) electrons. The van der Waals surface area contributed by atoms with Gasteiger partial charge in [0, 0.05) is 38.3 Å². The van der Waals surface area contributed by atoms with Crippen LogP contribution in [0.3, 0.4) is 0 Å². The third kappa shape index (κ3) is 3.81. The zero-order valence-corrected chi connectivity index (χ0v) is 14.3. The molecule has 2 saturated heterocycles. The van der Waals surface area contributed by atoms with Crippen LogP contribution in [0.2, 0.25) is 0 Å². The van der Waals surface area contributed by atoms with Crippen LogP contribution >= 0.6 is 0 Å². The molecule has 7 heteroatoms. The molecule has 0 N–H and O–H groups in total. The average molecular weight is 345 g/mol. The van der Waals surface area contributed by atoms with Crippen LogP contribution in [0.25, 0.3) is 0 Å². The molecule has 0 unspecified atom stereocenters. The molecule has 2 amide bonds. The molecule has 1 aromatic carbocycles. The van der Waals surface area contributed by atoms with E-state index in [9.17, 15) is 19.7 Å². The first-order chi connectivity index (χ1) is 12.1. The van der Waals surface area contributed by atoms with Crippen LogP contribution in [0.1, 0.15) is 59.2 Å². The molecule has 1 aromatic rings. The van der Waals surface area contributed by atoms with Crippen LogP contribution in [0.15, 0.2) is 18.2 Å². The van der Waals surface area contributed by atoms with Crippen molar-refractivity contribution < 1.29 is 14.5 Å². The van der Waals surface area contributed by atoms with E-state index in [1.54, 1.807) is 9.80 Å². The zero-order chi connectivity index (χ0) is 17.8. The van der Waals surface area contributed by atoms with Crippen LogP contribution in [-0.2, 0) is 0 Å². The molecular weight excluding hydrogens is 322 g/mol. The second kappa shape index (κ2) is 7.63. The molecule has 0 saturated carbocycles. The van der Waals surface area contributed by atoms with Gasteiger partial charge in [-0.15, -0.1) is 0 Å². The van der Waals surface area contributed by atoms with E-state index in [1.807, 2.05) is 0 Å². The van der Waals surface area contributed by atoms with Gasteiger partial charge in [0.25, 0.3) is 17.5 Å². The van der Waals surface area contributed by atoms with E-state index in [4.69, 9.17) is 0 Å². The minimum atomic E-state index is -0.526. The van der Waals surface area contributed by atoms with Gasteiger partial charge in [-0.3, -0.25) is 19.7 Å². The maximum absolute atomic E-state index is 12.9. The molecule has 134 valence electrons. The first-order valence-corrected chi connectivity index (χ1v) is 8.95. The predicted molar refractivity (Wildman–Crippen MR) is 92.6 cm³/mol. The van der Waals surface area contributed by atoms with Gasteiger partial charge >= 0.3 is 0 Å². The predicted octanol–water partition coefficient (Wildman–Crippen LogP) is 2.85. The molecule has 0 aromatic heterocycles. The lowest BCUT2D eigenvalue weighted by Gasteiger charge is -2.29. The molecule has 2 aliphatic heterocycles. The monoisotopic (exact) mass is 345 g/mol. The summed E-state index contributed by atoms with van der Waals surface area (Å²) in [4.78, 5) is 39.8. The van der Waals surface area contributed by atoms with Gasteiger partial charge < -0.3 is 9.80 Å². The van der Waals surface area contributed by atoms with Gasteiger partial charge in [0.1, 0.15) is 0 Å². The van der Waals surface area contributed by atoms with Gasteiger partial charge in [0.2, 0.25) is 0 Å². The number of hydrogen-bond donors (Lipinski definition) is 0. The Labute approximate surface area is 146 Å². The van der Waals surface area contributed by atoms with Gasteiger partial charge in [0.05, 0.1) is 16.1 Å². The summed E-state index contributed by atoms with van der Waals surface area (Å²) in [5, 5.41) is 11.1. The maximum Gasteiger partial charge on any atom is 0.270 e. The van der Waals surface area contributed by atoms with Crippen LogP contribution in [-0.4, -0.2) is 52.7 Å². The Bertz CT molecular complexity index is 677. The van der Waals surface area contributed by atoms with Crippen molar-refractivity contribution in [2.24, 2.45) is 0 Å². The number of hydrogen-bond acceptors (Lipinski definition) is 4. The maximum atomic E-state index is 12.9. The Morgan fingerprint density at radius 2 is 1.28 bits per heavy atom. The van der Waals surface area contributed by atoms with Gasteiger partial charge in [0.15, 0.2) is 0 Å². The Kier molecular flexibility index (Phi) is 5.31. The number of likely N-dealkylation sites (tertiary alicyclic amines) is 2. The Morgan fingerprint density at radius 3 is 1.76 bits per heavy atom. The second-order valence-corrected chi connectivity index (χ2v) is 6.69. The van der Waals surface area contributed by atoms with Gasteiger partial charge in [-0.25, -0.2) is 0 Å². The Hall–Kier alpha value is -2.44. The molecule has 0 spiro atoms. The number of carbonyl (C=O) groups is 2. The van der Waals surface area contributed by atoms with Gasteiger partial charge in [-0.05, 0) is 44.6 Å². The number of amides is 2. The van der Waals surface area contributed by atoms with E-state index in [0.29, 0.717) is 26.2 Å². The minimum Gasteiger partial charge on any atom is -0.339 e. The van der Waals surface area contributed by atoms with E-state index < -0.39 is 4.92 Å². The van der Waals surface area contributed by atoms with Crippen molar-refractivity contribution in [1.29, 1.82) is 0 Å². The number of carbonyl (C=O) groups excluding carboxylic acids is 2. The average Bonchev–Trinajstić information content (AvgIpc) is 2.67. The van der Waals surface area contributed by atoms with E-state index >= 15 is 0 Å². The summed E-state index contributed by atoms with van der Waals surface area (Å²) in [6.45, 7) is 2.62. The molecule has 2 fully saturated rings. The van der Waals surface area contributed by atoms with Crippen molar-refractivity contribution in [3.8, 4) is 0 Å². The number of nitrogens with zero attached hydrogens (tertiary/aromatic N) is 3. The third-order valence-corrected chi connectivity index (χ3v) is 4.96. The molecule has 25 heavy (non-hydrogen) atoms. The summed E-state index contributed by atoms with van der Waals surface area (Å²) in [6.07, 6.45) is 5.94. The Morgan fingerprint density at radius 1 is 0.800 bits per heavy atom. The zero-order valence-electron chi connectivity index (χ0n) is 14.3. The van der Waals surface area contributed by atoms with Crippen LogP contribution in [0.5, 0.6) is 0 Å². The van der Waals surface area contributed by atoms with Crippen molar-refractivity contribution >= 4 is 17.5 Å². The fourth-order valence-corrected chi connectivity index (χ4v) is 3.54. The quantitative estimate of drug-likeness (QED) is 0.623. The number of nitro groups is 1. The van der Waals surface area contributed by atoms with Crippen molar-refractivity contribution in [1.82, 2.24) is 9.80 Å². The Balaban J connectivity index is 1.94. The summed E-state index contributed by atoms with van der Waals surface area (Å²) in [5.41, 5.74) is 0.283. The third-order valence-electron chi connectivity index (χ3n) is 4.96. The summed E-state index contributed by atoms with van der Waals surface area (Å²) >= 11 is 0. The van der Waals surface area contributed by atoms with Crippen molar-refractivity contribution in [2.75, 3.05) is 26.2 Å². The highest BCUT2D eigenvalue weighted by Gasteiger charge is 2.28. The number of nitro benzene ring substituents is 1. The highest BCUT2D eigenvalue weighted by atomic mass is 16.6. The highest BCUT2D eigenvalue weighted by molar-refractivity contribution is 6.07. The van der Waals surface area contributed by atoms with Crippen molar-refractivity contribution in [3.05, 3.63) is 39.4 Å². The summed E-state index contributed by atoms with van der Waals surface area (Å²) in [5.74, 6) is -0.473.